The first-order valence-corrected chi connectivity index (χ1v) is 8.87. The number of thiophene rings is 1. The molecule has 0 fully saturated rings. The molecule has 0 aromatic carbocycles. The molecule has 1 aliphatic carbocycles. The quantitative estimate of drug-likeness (QED) is 0.473. The molecule has 1 aliphatic rings. The highest BCUT2D eigenvalue weighted by molar-refractivity contribution is 7.09. The minimum absolute atomic E-state index is 0.900. The van der Waals surface area contributed by atoms with Gasteiger partial charge in [-0.2, -0.15) is 0 Å². The maximum Gasteiger partial charge on any atom is 0.193 e. The van der Waals surface area contributed by atoms with E-state index in [1.165, 1.54) is 24.1 Å². The van der Waals surface area contributed by atoms with Gasteiger partial charge in [0.25, 0.3) is 0 Å². The molecular formula is C17H27N3S. The zero-order valence-corrected chi connectivity index (χ0v) is 14.1. The molecule has 2 rings (SSSR count). The predicted molar refractivity (Wildman–Crippen MR) is 93.2 cm³/mol. The van der Waals surface area contributed by atoms with Crippen LogP contribution in [0.1, 0.15) is 37.5 Å². The Kier molecular flexibility index (Phi) is 6.80. The molecule has 116 valence electrons. The van der Waals surface area contributed by atoms with Crippen LogP contribution in [0.2, 0.25) is 0 Å². The number of nitrogens with zero attached hydrogens (tertiary/aromatic N) is 2. The minimum atomic E-state index is 0.900. The Hall–Kier alpha value is -1.29. The highest BCUT2D eigenvalue weighted by atomic mass is 32.1. The van der Waals surface area contributed by atoms with Crippen LogP contribution in [-0.2, 0) is 6.42 Å². The van der Waals surface area contributed by atoms with Crippen molar-refractivity contribution < 1.29 is 0 Å². The number of guanidine groups is 1. The van der Waals surface area contributed by atoms with Crippen LogP contribution in [0.15, 0.2) is 34.2 Å². The Bertz CT molecular complexity index is 462. The Morgan fingerprint density at radius 3 is 3.00 bits per heavy atom. The molecule has 0 radical (unpaired) electrons. The van der Waals surface area contributed by atoms with Crippen LogP contribution in [0.25, 0.3) is 0 Å². The lowest BCUT2D eigenvalue weighted by Gasteiger charge is -2.21. The van der Waals surface area contributed by atoms with Crippen molar-refractivity contribution in [2.24, 2.45) is 4.99 Å². The van der Waals surface area contributed by atoms with Gasteiger partial charge in [-0.25, -0.2) is 0 Å². The fourth-order valence-corrected chi connectivity index (χ4v) is 3.28. The van der Waals surface area contributed by atoms with Crippen molar-refractivity contribution in [3.63, 3.8) is 0 Å². The summed E-state index contributed by atoms with van der Waals surface area (Å²) in [7, 11) is 2.13. The number of rotatable bonds is 7. The zero-order chi connectivity index (χ0) is 14.9. The van der Waals surface area contributed by atoms with Gasteiger partial charge < -0.3 is 10.2 Å². The second-order valence-corrected chi connectivity index (χ2v) is 6.52. The Morgan fingerprint density at radius 2 is 2.33 bits per heavy atom. The van der Waals surface area contributed by atoms with Crippen LogP contribution in [0, 0.1) is 0 Å². The largest absolute Gasteiger partial charge is 0.357 e. The summed E-state index contributed by atoms with van der Waals surface area (Å²) in [6.45, 7) is 4.96. The first-order valence-electron chi connectivity index (χ1n) is 7.99. The van der Waals surface area contributed by atoms with Crippen LogP contribution >= 0.6 is 11.3 Å². The van der Waals surface area contributed by atoms with Crippen molar-refractivity contribution in [3.8, 4) is 0 Å². The lowest BCUT2D eigenvalue weighted by atomic mass is 10.2. The van der Waals surface area contributed by atoms with Gasteiger partial charge in [-0.1, -0.05) is 17.7 Å². The van der Waals surface area contributed by atoms with E-state index < -0.39 is 0 Å². The molecule has 1 N–H and O–H groups in total. The fraction of sp³-hybridized carbons (Fsp3) is 0.588. The second-order valence-electron chi connectivity index (χ2n) is 5.49. The molecule has 1 heterocycles. The number of aliphatic imine (C=N–C) groups is 1. The van der Waals surface area contributed by atoms with Crippen molar-refractivity contribution >= 4 is 17.3 Å². The Morgan fingerprint density at radius 1 is 1.43 bits per heavy atom. The van der Waals surface area contributed by atoms with Gasteiger partial charge in [-0.15, -0.1) is 11.3 Å². The highest BCUT2D eigenvalue weighted by Crippen LogP contribution is 2.20. The summed E-state index contributed by atoms with van der Waals surface area (Å²) in [5.41, 5.74) is 1.59. The first-order chi connectivity index (χ1) is 10.3. The molecule has 21 heavy (non-hydrogen) atoms. The third kappa shape index (κ3) is 5.54. The smallest absolute Gasteiger partial charge is 0.193 e. The number of hydrogen-bond acceptors (Lipinski definition) is 2. The fourth-order valence-electron chi connectivity index (χ4n) is 2.58. The summed E-state index contributed by atoms with van der Waals surface area (Å²) in [6.07, 6.45) is 8.47. The predicted octanol–water partition coefficient (Wildman–Crippen LogP) is 3.69. The second kappa shape index (κ2) is 8.88. The van der Waals surface area contributed by atoms with Crippen LogP contribution in [0.4, 0.5) is 0 Å². The van der Waals surface area contributed by atoms with E-state index in [4.69, 9.17) is 4.99 Å². The normalized spacial score (nSPS) is 15.1. The van der Waals surface area contributed by atoms with E-state index in [0.29, 0.717) is 0 Å². The van der Waals surface area contributed by atoms with Gasteiger partial charge in [0.1, 0.15) is 0 Å². The van der Waals surface area contributed by atoms with E-state index in [1.54, 1.807) is 5.57 Å². The maximum absolute atomic E-state index is 4.77. The summed E-state index contributed by atoms with van der Waals surface area (Å²) >= 11 is 1.83. The molecule has 4 heteroatoms. The van der Waals surface area contributed by atoms with Gasteiger partial charge in [-0.3, -0.25) is 4.99 Å². The standard InChI is InChI=1S/C17H27N3S/c1-3-18-17(19-12-10-15-7-4-5-8-15)20(2)13-11-16-9-6-14-21-16/h6-7,9,14H,3-5,8,10-13H2,1-2H3,(H,18,19). The number of hydrogen-bond donors (Lipinski definition) is 1. The van der Waals surface area contributed by atoms with Gasteiger partial charge >= 0.3 is 0 Å². The first kappa shape index (κ1) is 16.1. The van der Waals surface area contributed by atoms with E-state index >= 15 is 0 Å². The van der Waals surface area contributed by atoms with Crippen molar-refractivity contribution in [1.29, 1.82) is 0 Å². The third-order valence-electron chi connectivity index (χ3n) is 3.80. The lowest BCUT2D eigenvalue weighted by molar-refractivity contribution is 0.487. The summed E-state index contributed by atoms with van der Waals surface area (Å²) < 4.78 is 0. The molecule has 0 saturated heterocycles. The molecule has 3 nitrogen and oxygen atoms in total. The Balaban J connectivity index is 1.80. The summed E-state index contributed by atoms with van der Waals surface area (Å²) in [5, 5.41) is 5.54. The van der Waals surface area contributed by atoms with E-state index in [2.05, 4.69) is 47.8 Å². The minimum Gasteiger partial charge on any atom is -0.357 e. The highest BCUT2D eigenvalue weighted by Gasteiger charge is 2.07. The molecule has 0 aliphatic heterocycles. The molecule has 0 unspecified atom stereocenters. The van der Waals surface area contributed by atoms with E-state index in [0.717, 1.165) is 38.4 Å². The van der Waals surface area contributed by atoms with Crippen LogP contribution in [0.5, 0.6) is 0 Å². The maximum atomic E-state index is 4.77. The average molecular weight is 305 g/mol. The van der Waals surface area contributed by atoms with Gasteiger partial charge in [-0.05, 0) is 50.5 Å². The van der Waals surface area contributed by atoms with Crippen molar-refractivity contribution in [2.75, 3.05) is 26.7 Å². The molecule has 0 spiro atoms. The molecular weight excluding hydrogens is 278 g/mol. The average Bonchev–Trinajstić information content (AvgIpc) is 3.17. The number of allylic oxidation sites excluding steroid dienone is 1. The molecule has 1 aromatic rings. The monoisotopic (exact) mass is 305 g/mol. The summed E-state index contributed by atoms with van der Waals surface area (Å²) in [4.78, 5) is 8.45. The topological polar surface area (TPSA) is 27.6 Å². The molecule has 1 aromatic heterocycles. The number of likely N-dealkylation sites (N-methyl/N-ethyl adjacent to an activating group) is 1. The van der Waals surface area contributed by atoms with Crippen LogP contribution in [0.3, 0.4) is 0 Å². The Labute approximate surface area is 132 Å². The van der Waals surface area contributed by atoms with Gasteiger partial charge in [0, 0.05) is 31.6 Å². The molecule has 0 bridgehead atoms. The van der Waals surface area contributed by atoms with Crippen molar-refractivity contribution in [3.05, 3.63) is 34.0 Å². The SMILES string of the molecule is CCNC(=NCCC1=CCCC1)N(C)CCc1cccs1. The summed E-state index contributed by atoms with van der Waals surface area (Å²) in [6, 6.07) is 4.32. The van der Waals surface area contributed by atoms with Crippen molar-refractivity contribution in [2.45, 2.75) is 39.0 Å². The van der Waals surface area contributed by atoms with Gasteiger partial charge in [0.2, 0.25) is 0 Å². The molecule has 0 amide bonds. The van der Waals surface area contributed by atoms with E-state index in [9.17, 15) is 0 Å². The van der Waals surface area contributed by atoms with E-state index in [1.807, 2.05) is 11.3 Å². The van der Waals surface area contributed by atoms with Gasteiger partial charge in [0.15, 0.2) is 5.96 Å². The zero-order valence-electron chi connectivity index (χ0n) is 13.3. The van der Waals surface area contributed by atoms with E-state index in [-0.39, 0.29) is 0 Å². The van der Waals surface area contributed by atoms with Crippen LogP contribution < -0.4 is 5.32 Å². The lowest BCUT2D eigenvalue weighted by Crippen LogP contribution is -2.40. The molecule has 0 saturated carbocycles. The van der Waals surface area contributed by atoms with Crippen molar-refractivity contribution in [1.82, 2.24) is 10.2 Å². The van der Waals surface area contributed by atoms with Crippen LogP contribution in [-0.4, -0.2) is 37.5 Å². The molecule has 0 atom stereocenters. The number of nitrogens with one attached hydrogen (secondary N) is 1. The van der Waals surface area contributed by atoms with Gasteiger partial charge in [0.05, 0.1) is 0 Å². The summed E-state index contributed by atoms with van der Waals surface area (Å²) in [5.74, 6) is 1.03. The third-order valence-corrected chi connectivity index (χ3v) is 4.74.